The summed E-state index contributed by atoms with van der Waals surface area (Å²) < 4.78 is 6.54. The largest absolute Gasteiger partial charge is 0.469 e. The molecule has 0 spiro atoms. The minimum absolute atomic E-state index is 0.202. The number of hydrogen-bond donors (Lipinski definition) is 1. The monoisotopic (exact) mass is 267 g/mol. The molecular weight excluding hydrogens is 242 g/mol. The zero-order valence-electron chi connectivity index (χ0n) is 12.6. The van der Waals surface area contributed by atoms with Crippen LogP contribution in [-0.2, 0) is 22.6 Å². The van der Waals surface area contributed by atoms with Crippen LogP contribution in [0.25, 0.3) is 0 Å². The Hall–Kier alpha value is -1.36. The molecule has 0 bridgehead atoms. The van der Waals surface area contributed by atoms with Crippen LogP contribution in [0.3, 0.4) is 0 Å². The third-order valence-corrected chi connectivity index (χ3v) is 3.14. The van der Waals surface area contributed by atoms with Gasteiger partial charge in [0.1, 0.15) is 0 Å². The fraction of sp³-hybridized carbons (Fsp3) is 0.714. The zero-order chi connectivity index (χ0) is 14.4. The van der Waals surface area contributed by atoms with Gasteiger partial charge in [-0.1, -0.05) is 13.8 Å². The molecule has 0 aliphatic heterocycles. The molecule has 0 fully saturated rings. The summed E-state index contributed by atoms with van der Waals surface area (Å²) in [6.07, 6.45) is 0.358. The van der Waals surface area contributed by atoms with Gasteiger partial charge in [0.2, 0.25) is 0 Å². The van der Waals surface area contributed by atoms with Gasteiger partial charge in [0.05, 0.1) is 25.8 Å². The van der Waals surface area contributed by atoms with Crippen molar-refractivity contribution in [2.75, 3.05) is 13.7 Å². The van der Waals surface area contributed by atoms with Gasteiger partial charge < -0.3 is 10.1 Å². The van der Waals surface area contributed by atoms with Gasteiger partial charge in [-0.25, -0.2) is 0 Å². The van der Waals surface area contributed by atoms with Crippen LogP contribution in [0.1, 0.15) is 37.2 Å². The maximum absolute atomic E-state index is 11.2. The molecule has 0 saturated heterocycles. The number of rotatable bonds is 7. The van der Waals surface area contributed by atoms with Gasteiger partial charge in [-0.3, -0.25) is 9.48 Å². The third-order valence-electron chi connectivity index (χ3n) is 3.14. The highest BCUT2D eigenvalue weighted by molar-refractivity contribution is 5.68. The first-order valence-electron chi connectivity index (χ1n) is 6.76. The average Bonchev–Trinajstić information content (AvgIpc) is 2.62. The van der Waals surface area contributed by atoms with Crippen LogP contribution in [0, 0.1) is 19.8 Å². The van der Waals surface area contributed by atoms with E-state index in [1.54, 1.807) is 0 Å². The molecule has 108 valence electrons. The molecule has 0 aliphatic carbocycles. The number of ether oxygens (including phenoxy) is 1. The van der Waals surface area contributed by atoms with E-state index in [0.717, 1.165) is 24.5 Å². The fourth-order valence-corrected chi connectivity index (χ4v) is 1.99. The second kappa shape index (κ2) is 7.28. The van der Waals surface area contributed by atoms with Crippen molar-refractivity contribution in [3.63, 3.8) is 0 Å². The summed E-state index contributed by atoms with van der Waals surface area (Å²) in [5.74, 6) is 0.432. The second-order valence-electron chi connectivity index (χ2n) is 5.22. The molecule has 0 aromatic carbocycles. The lowest BCUT2D eigenvalue weighted by Gasteiger charge is -2.08. The molecule has 1 N–H and O–H groups in total. The molecule has 19 heavy (non-hydrogen) atoms. The molecule has 5 nitrogen and oxygen atoms in total. The molecule has 1 aromatic heterocycles. The average molecular weight is 267 g/mol. The quantitative estimate of drug-likeness (QED) is 0.766. The first-order chi connectivity index (χ1) is 8.95. The Labute approximate surface area is 115 Å². The van der Waals surface area contributed by atoms with E-state index in [1.165, 1.54) is 12.7 Å². The van der Waals surface area contributed by atoms with E-state index >= 15 is 0 Å². The molecule has 0 aliphatic rings. The number of methoxy groups -OCH3 is 1. The number of carbonyl (C=O) groups excluding carboxylic acids is 1. The zero-order valence-corrected chi connectivity index (χ0v) is 12.6. The summed E-state index contributed by atoms with van der Waals surface area (Å²) in [5.41, 5.74) is 3.38. The smallest absolute Gasteiger partial charge is 0.307 e. The third kappa shape index (κ3) is 4.67. The molecule has 1 heterocycles. The highest BCUT2D eigenvalue weighted by Gasteiger charge is 2.12. The van der Waals surface area contributed by atoms with Gasteiger partial charge in [0.25, 0.3) is 0 Å². The SMILES string of the molecule is COC(=O)CCn1nc(C)c(CNCC(C)C)c1C. The molecule has 1 aromatic rings. The van der Waals surface area contributed by atoms with Gasteiger partial charge in [-0.2, -0.15) is 5.10 Å². The van der Waals surface area contributed by atoms with Crippen molar-refractivity contribution in [1.82, 2.24) is 15.1 Å². The minimum atomic E-state index is -0.202. The van der Waals surface area contributed by atoms with Gasteiger partial charge in [-0.05, 0) is 26.3 Å². The summed E-state index contributed by atoms with van der Waals surface area (Å²) in [6, 6.07) is 0. The van der Waals surface area contributed by atoms with Crippen LogP contribution in [0.4, 0.5) is 0 Å². The highest BCUT2D eigenvalue weighted by atomic mass is 16.5. The lowest BCUT2D eigenvalue weighted by atomic mass is 10.2. The first kappa shape index (κ1) is 15.7. The Balaban J connectivity index is 2.63. The summed E-state index contributed by atoms with van der Waals surface area (Å²) in [5, 5.41) is 7.91. The molecule has 5 heteroatoms. The van der Waals surface area contributed by atoms with E-state index in [0.29, 0.717) is 18.9 Å². The Morgan fingerprint density at radius 3 is 2.68 bits per heavy atom. The number of nitrogens with zero attached hydrogens (tertiary/aromatic N) is 2. The van der Waals surface area contributed by atoms with Crippen LogP contribution in [-0.4, -0.2) is 29.4 Å². The normalized spacial score (nSPS) is 11.1. The van der Waals surface area contributed by atoms with Crippen LogP contribution >= 0.6 is 0 Å². The second-order valence-corrected chi connectivity index (χ2v) is 5.22. The van der Waals surface area contributed by atoms with E-state index in [9.17, 15) is 4.79 Å². The highest BCUT2D eigenvalue weighted by Crippen LogP contribution is 2.13. The number of carbonyl (C=O) groups is 1. The van der Waals surface area contributed by atoms with Gasteiger partial charge >= 0.3 is 5.97 Å². The number of aryl methyl sites for hydroxylation is 2. The standard InChI is InChI=1S/C14H25N3O2/c1-10(2)8-15-9-13-11(3)16-17(12(13)4)7-6-14(18)19-5/h10,15H,6-9H2,1-5H3. The van der Waals surface area contributed by atoms with Crippen molar-refractivity contribution in [2.24, 2.45) is 5.92 Å². The Kier molecular flexibility index (Phi) is 6.02. The Bertz CT molecular complexity index is 425. The maximum atomic E-state index is 11.2. The van der Waals surface area contributed by atoms with Crippen molar-refractivity contribution in [3.8, 4) is 0 Å². The fourth-order valence-electron chi connectivity index (χ4n) is 1.99. The van der Waals surface area contributed by atoms with Crippen LogP contribution in [0.2, 0.25) is 0 Å². The van der Waals surface area contributed by atoms with E-state index in [4.69, 9.17) is 0 Å². The van der Waals surface area contributed by atoms with Crippen molar-refractivity contribution >= 4 is 5.97 Å². The van der Waals surface area contributed by atoms with Crippen LogP contribution in [0.5, 0.6) is 0 Å². The van der Waals surface area contributed by atoms with E-state index in [-0.39, 0.29) is 5.97 Å². The summed E-state index contributed by atoms with van der Waals surface area (Å²) in [6.45, 7) is 10.8. The molecule has 0 radical (unpaired) electrons. The number of aromatic nitrogens is 2. The molecule has 0 atom stereocenters. The summed E-state index contributed by atoms with van der Waals surface area (Å²) in [4.78, 5) is 11.2. The lowest BCUT2D eigenvalue weighted by Crippen LogP contribution is -2.19. The lowest BCUT2D eigenvalue weighted by molar-refractivity contribution is -0.140. The van der Waals surface area contributed by atoms with Crippen molar-refractivity contribution in [1.29, 1.82) is 0 Å². The van der Waals surface area contributed by atoms with E-state index in [2.05, 4.69) is 29.0 Å². The molecular formula is C14H25N3O2. The van der Waals surface area contributed by atoms with E-state index in [1.807, 2.05) is 18.5 Å². The molecule has 0 amide bonds. The van der Waals surface area contributed by atoms with Crippen molar-refractivity contribution in [2.45, 2.75) is 47.2 Å². The maximum Gasteiger partial charge on any atom is 0.307 e. The minimum Gasteiger partial charge on any atom is -0.469 e. The molecule has 1 rings (SSSR count). The number of esters is 1. The van der Waals surface area contributed by atoms with Crippen molar-refractivity contribution in [3.05, 3.63) is 17.0 Å². The molecule has 0 saturated carbocycles. The van der Waals surface area contributed by atoms with Gasteiger partial charge in [0.15, 0.2) is 0 Å². The predicted octanol–water partition coefficient (Wildman–Crippen LogP) is 1.81. The number of nitrogens with one attached hydrogen (secondary N) is 1. The summed E-state index contributed by atoms with van der Waals surface area (Å²) >= 11 is 0. The van der Waals surface area contributed by atoms with Crippen molar-refractivity contribution < 1.29 is 9.53 Å². The van der Waals surface area contributed by atoms with Gasteiger partial charge in [-0.15, -0.1) is 0 Å². The predicted molar refractivity (Wildman–Crippen MR) is 74.9 cm³/mol. The topological polar surface area (TPSA) is 56.2 Å². The van der Waals surface area contributed by atoms with Gasteiger partial charge in [0, 0.05) is 17.8 Å². The molecule has 0 unspecified atom stereocenters. The van der Waals surface area contributed by atoms with Crippen LogP contribution in [0.15, 0.2) is 0 Å². The Morgan fingerprint density at radius 2 is 2.11 bits per heavy atom. The Morgan fingerprint density at radius 1 is 1.42 bits per heavy atom. The summed E-state index contributed by atoms with van der Waals surface area (Å²) in [7, 11) is 1.41. The number of hydrogen-bond acceptors (Lipinski definition) is 4. The van der Waals surface area contributed by atoms with E-state index < -0.39 is 0 Å². The first-order valence-corrected chi connectivity index (χ1v) is 6.76. The van der Waals surface area contributed by atoms with Crippen LogP contribution < -0.4 is 5.32 Å².